The van der Waals surface area contributed by atoms with Crippen molar-refractivity contribution >= 4 is 31.7 Å². The summed E-state index contributed by atoms with van der Waals surface area (Å²) in [6, 6.07) is 6.38. The van der Waals surface area contributed by atoms with Crippen LogP contribution in [0.1, 0.15) is 0 Å². The van der Waals surface area contributed by atoms with Crippen LogP contribution in [-0.4, -0.2) is 51.8 Å². The third kappa shape index (κ3) is 3.59. The lowest BCUT2D eigenvalue weighted by Gasteiger charge is -2.38. The molecule has 0 bridgehead atoms. The van der Waals surface area contributed by atoms with Gasteiger partial charge in [-0.3, -0.25) is 4.79 Å². The van der Waals surface area contributed by atoms with Gasteiger partial charge in [0.25, 0.3) is 0 Å². The van der Waals surface area contributed by atoms with Gasteiger partial charge in [0, 0.05) is 30.6 Å². The molecular formula is C13H16BrNO4S. The third-order valence-corrected chi connectivity index (χ3v) is 5.27. The molecule has 0 unspecified atom stereocenters. The van der Waals surface area contributed by atoms with Crippen LogP contribution in [0.2, 0.25) is 0 Å². The summed E-state index contributed by atoms with van der Waals surface area (Å²) < 4.78 is 30.0. The first-order chi connectivity index (χ1) is 9.42. The van der Waals surface area contributed by atoms with Gasteiger partial charge in [-0.2, -0.15) is 0 Å². The van der Waals surface area contributed by atoms with Gasteiger partial charge < -0.3 is 9.64 Å². The van der Waals surface area contributed by atoms with E-state index in [-0.39, 0.29) is 10.8 Å². The number of carbonyl (C=O) groups excluding carboxylic acids is 1. The lowest BCUT2D eigenvalue weighted by atomic mass is 10.0. The molecule has 1 aromatic carbocycles. The van der Waals surface area contributed by atoms with Gasteiger partial charge in [0.2, 0.25) is 5.91 Å². The highest BCUT2D eigenvalue weighted by molar-refractivity contribution is 9.10. The van der Waals surface area contributed by atoms with Crippen molar-refractivity contribution in [1.82, 2.24) is 4.90 Å². The van der Waals surface area contributed by atoms with Crippen molar-refractivity contribution in [3.05, 3.63) is 28.7 Å². The van der Waals surface area contributed by atoms with Crippen molar-refractivity contribution in [3.63, 3.8) is 0 Å². The number of nitrogens with zero attached hydrogens (tertiary/aromatic N) is 1. The van der Waals surface area contributed by atoms with E-state index in [0.29, 0.717) is 30.1 Å². The first-order valence-electron chi connectivity index (χ1n) is 6.17. The molecule has 1 fully saturated rings. The van der Waals surface area contributed by atoms with Crippen LogP contribution in [0.25, 0.3) is 0 Å². The van der Waals surface area contributed by atoms with Crippen LogP contribution >= 0.6 is 15.9 Å². The van der Waals surface area contributed by atoms with E-state index in [0.717, 1.165) is 0 Å². The van der Waals surface area contributed by atoms with Crippen molar-refractivity contribution < 1.29 is 17.9 Å². The minimum atomic E-state index is -3.59. The van der Waals surface area contributed by atoms with Crippen LogP contribution in [0.3, 0.4) is 0 Å². The zero-order valence-corrected chi connectivity index (χ0v) is 13.5. The average Bonchev–Trinajstić information content (AvgIpc) is 2.32. The van der Waals surface area contributed by atoms with Crippen molar-refractivity contribution in [2.24, 2.45) is 5.92 Å². The van der Waals surface area contributed by atoms with Gasteiger partial charge in [-0.15, -0.1) is 0 Å². The summed E-state index contributed by atoms with van der Waals surface area (Å²) >= 11 is 3.23. The normalized spacial score (nSPS) is 16.0. The highest BCUT2D eigenvalue weighted by atomic mass is 79.9. The highest BCUT2D eigenvalue weighted by Crippen LogP contribution is 2.20. The maximum Gasteiger partial charge on any atom is 0.238 e. The Morgan fingerprint density at radius 1 is 1.45 bits per heavy atom. The van der Waals surface area contributed by atoms with Crippen molar-refractivity contribution in [2.75, 3.05) is 32.6 Å². The zero-order chi connectivity index (χ0) is 14.8. The molecule has 7 heteroatoms. The maximum absolute atomic E-state index is 12.2. The van der Waals surface area contributed by atoms with Crippen LogP contribution in [-0.2, 0) is 19.4 Å². The topological polar surface area (TPSA) is 63.7 Å². The Kier molecular flexibility index (Phi) is 4.82. The van der Waals surface area contributed by atoms with E-state index < -0.39 is 15.6 Å². The first kappa shape index (κ1) is 15.5. The number of amides is 1. The minimum absolute atomic E-state index is 0.161. The lowest BCUT2D eigenvalue weighted by molar-refractivity contribution is -0.135. The quantitative estimate of drug-likeness (QED) is 0.793. The van der Waals surface area contributed by atoms with E-state index in [1.807, 2.05) is 0 Å². The fourth-order valence-corrected chi connectivity index (χ4v) is 3.93. The fourth-order valence-electron chi connectivity index (χ4n) is 2.11. The maximum atomic E-state index is 12.2. The smallest absolute Gasteiger partial charge is 0.238 e. The molecule has 0 spiro atoms. The number of hydrogen-bond acceptors (Lipinski definition) is 4. The number of rotatable bonds is 5. The number of likely N-dealkylation sites (tertiary alicyclic amines) is 1. The largest absolute Gasteiger partial charge is 0.384 e. The van der Waals surface area contributed by atoms with Gasteiger partial charge in [-0.05, 0) is 18.2 Å². The van der Waals surface area contributed by atoms with Gasteiger partial charge in [0.1, 0.15) is 5.75 Å². The second-order valence-electron chi connectivity index (χ2n) is 4.84. The van der Waals surface area contributed by atoms with Crippen LogP contribution in [0.4, 0.5) is 0 Å². The molecule has 1 heterocycles. The van der Waals surface area contributed by atoms with Crippen molar-refractivity contribution in [2.45, 2.75) is 4.90 Å². The van der Waals surface area contributed by atoms with E-state index in [1.165, 1.54) is 12.1 Å². The minimum Gasteiger partial charge on any atom is -0.384 e. The molecule has 2 rings (SSSR count). The van der Waals surface area contributed by atoms with Crippen LogP contribution in [0.5, 0.6) is 0 Å². The average molecular weight is 362 g/mol. The zero-order valence-electron chi connectivity index (χ0n) is 11.1. The second-order valence-corrected chi connectivity index (χ2v) is 7.74. The second kappa shape index (κ2) is 6.24. The van der Waals surface area contributed by atoms with Gasteiger partial charge in [0.05, 0.1) is 11.5 Å². The molecule has 0 aliphatic carbocycles. The van der Waals surface area contributed by atoms with Crippen LogP contribution in [0, 0.1) is 5.92 Å². The molecule has 0 aromatic heterocycles. The Labute approximate surface area is 127 Å². The first-order valence-corrected chi connectivity index (χ1v) is 8.62. The summed E-state index contributed by atoms with van der Waals surface area (Å²) in [5.41, 5.74) is 0. The molecule has 0 N–H and O–H groups in total. The van der Waals surface area contributed by atoms with Gasteiger partial charge in [-0.1, -0.05) is 22.0 Å². The molecule has 110 valence electrons. The fraction of sp³-hybridized carbons (Fsp3) is 0.462. The lowest BCUT2D eigenvalue weighted by Crippen LogP contribution is -2.53. The van der Waals surface area contributed by atoms with E-state index in [2.05, 4.69) is 15.9 Å². The van der Waals surface area contributed by atoms with E-state index in [9.17, 15) is 13.2 Å². The molecular weight excluding hydrogens is 346 g/mol. The van der Waals surface area contributed by atoms with Crippen LogP contribution < -0.4 is 0 Å². The molecule has 5 nitrogen and oxygen atoms in total. The number of carbonyl (C=O) groups is 1. The van der Waals surface area contributed by atoms with E-state index >= 15 is 0 Å². The molecule has 1 aromatic rings. The standard InChI is InChI=1S/C13H16BrNO4S/c1-19-8-10-6-15(7-10)13(16)9-20(17,18)12-4-2-3-11(14)5-12/h2-5,10H,6-9H2,1H3. The molecule has 0 saturated carbocycles. The van der Waals surface area contributed by atoms with Gasteiger partial charge >= 0.3 is 0 Å². The van der Waals surface area contributed by atoms with Gasteiger partial charge in [-0.25, -0.2) is 8.42 Å². The van der Waals surface area contributed by atoms with Crippen LogP contribution in [0.15, 0.2) is 33.6 Å². The highest BCUT2D eigenvalue weighted by Gasteiger charge is 2.33. The molecule has 20 heavy (non-hydrogen) atoms. The SMILES string of the molecule is COCC1CN(C(=O)CS(=O)(=O)c2cccc(Br)c2)C1. The summed E-state index contributed by atoms with van der Waals surface area (Å²) in [6.45, 7) is 1.74. The molecule has 0 radical (unpaired) electrons. The van der Waals surface area contributed by atoms with Crippen molar-refractivity contribution in [3.8, 4) is 0 Å². The van der Waals surface area contributed by atoms with Crippen molar-refractivity contribution in [1.29, 1.82) is 0 Å². The Morgan fingerprint density at radius 2 is 2.15 bits per heavy atom. The Balaban J connectivity index is 1.98. The van der Waals surface area contributed by atoms with E-state index in [4.69, 9.17) is 4.74 Å². The number of sulfone groups is 1. The summed E-state index contributed by atoms with van der Waals surface area (Å²) in [5, 5.41) is 0. The predicted octanol–water partition coefficient (Wildman–Crippen LogP) is 1.33. The molecule has 1 aliphatic rings. The predicted molar refractivity (Wildman–Crippen MR) is 78.1 cm³/mol. The summed E-state index contributed by atoms with van der Waals surface area (Å²) in [6.07, 6.45) is 0. The van der Waals surface area contributed by atoms with Gasteiger partial charge in [0.15, 0.2) is 9.84 Å². The summed E-state index contributed by atoms with van der Waals surface area (Å²) in [7, 11) is -1.97. The number of ether oxygens (including phenoxy) is 1. The molecule has 1 amide bonds. The third-order valence-electron chi connectivity index (χ3n) is 3.18. The Morgan fingerprint density at radius 3 is 2.75 bits per heavy atom. The summed E-state index contributed by atoms with van der Waals surface area (Å²) in [4.78, 5) is 13.7. The Bertz CT molecular complexity index is 596. The van der Waals surface area contributed by atoms with E-state index in [1.54, 1.807) is 24.1 Å². The molecule has 1 aliphatic heterocycles. The molecule has 1 saturated heterocycles. The summed E-state index contributed by atoms with van der Waals surface area (Å²) in [5.74, 6) is -0.516. The number of benzene rings is 1. The monoisotopic (exact) mass is 361 g/mol. The molecule has 0 atom stereocenters. The Hall–Kier alpha value is -0.920. The number of methoxy groups -OCH3 is 1. The number of hydrogen-bond donors (Lipinski definition) is 0. The number of halogens is 1.